The number of rotatable bonds is 4. The molecule has 1 aliphatic heterocycles. The fourth-order valence-corrected chi connectivity index (χ4v) is 3.31. The lowest BCUT2D eigenvalue weighted by Crippen LogP contribution is -2.40. The largest absolute Gasteiger partial charge is 0.338 e. The number of nitrogens with one attached hydrogen (secondary N) is 1. The van der Waals surface area contributed by atoms with Crippen LogP contribution in [-0.2, 0) is 6.42 Å². The van der Waals surface area contributed by atoms with Gasteiger partial charge in [0, 0.05) is 43.3 Å². The summed E-state index contributed by atoms with van der Waals surface area (Å²) in [5.74, 6) is 1.95. The summed E-state index contributed by atoms with van der Waals surface area (Å²) < 4.78 is 0. The summed E-state index contributed by atoms with van der Waals surface area (Å²) in [5, 5.41) is 7.00. The molecule has 1 amide bonds. The zero-order valence-electron chi connectivity index (χ0n) is 13.1. The highest BCUT2D eigenvalue weighted by atomic mass is 16.2. The van der Waals surface area contributed by atoms with Gasteiger partial charge in [-0.15, -0.1) is 0 Å². The van der Waals surface area contributed by atoms with Gasteiger partial charge in [0.05, 0.1) is 5.56 Å². The molecule has 4 rings (SSSR count). The molecule has 2 aliphatic rings. The van der Waals surface area contributed by atoms with Gasteiger partial charge >= 0.3 is 0 Å². The van der Waals surface area contributed by atoms with E-state index < -0.39 is 0 Å². The number of piperidine rings is 1. The monoisotopic (exact) mass is 311 g/mol. The molecule has 1 aliphatic carbocycles. The second kappa shape index (κ2) is 6.10. The molecule has 3 heterocycles. The number of hydrogen-bond donors (Lipinski definition) is 1. The quantitative estimate of drug-likeness (QED) is 0.939. The molecule has 0 aromatic carbocycles. The highest BCUT2D eigenvalue weighted by molar-refractivity contribution is 5.93. The molecule has 1 saturated heterocycles. The molecule has 1 saturated carbocycles. The SMILES string of the molecule is O=C(c1cnc(C2CC2)nc1)N1CCCC(Cc2ccn[nH]2)C1. The first kappa shape index (κ1) is 14.4. The minimum absolute atomic E-state index is 0.0571. The lowest BCUT2D eigenvalue weighted by Gasteiger charge is -2.32. The van der Waals surface area contributed by atoms with E-state index >= 15 is 0 Å². The second-order valence-electron chi connectivity index (χ2n) is 6.65. The fourth-order valence-electron chi connectivity index (χ4n) is 3.31. The Hall–Kier alpha value is -2.24. The molecule has 120 valence electrons. The number of likely N-dealkylation sites (tertiary alicyclic amines) is 1. The van der Waals surface area contributed by atoms with E-state index in [1.54, 1.807) is 18.6 Å². The van der Waals surface area contributed by atoms with Crippen LogP contribution in [-0.4, -0.2) is 44.1 Å². The van der Waals surface area contributed by atoms with Gasteiger partial charge in [0.15, 0.2) is 0 Å². The normalized spacial score (nSPS) is 21.4. The van der Waals surface area contributed by atoms with Crippen LogP contribution < -0.4 is 0 Å². The first-order chi connectivity index (χ1) is 11.3. The lowest BCUT2D eigenvalue weighted by atomic mass is 9.93. The zero-order valence-corrected chi connectivity index (χ0v) is 13.1. The van der Waals surface area contributed by atoms with Gasteiger partial charge in [-0.2, -0.15) is 5.10 Å². The molecule has 2 aromatic heterocycles. The fraction of sp³-hybridized carbons (Fsp3) is 0.529. The van der Waals surface area contributed by atoms with Crippen molar-refractivity contribution in [3.8, 4) is 0 Å². The third-order valence-electron chi connectivity index (χ3n) is 4.73. The maximum Gasteiger partial charge on any atom is 0.256 e. The number of H-pyrrole nitrogens is 1. The predicted octanol–water partition coefficient (Wildman–Crippen LogP) is 2.17. The third kappa shape index (κ3) is 3.25. The summed E-state index contributed by atoms with van der Waals surface area (Å²) >= 11 is 0. The van der Waals surface area contributed by atoms with Gasteiger partial charge in [-0.1, -0.05) is 0 Å². The van der Waals surface area contributed by atoms with Crippen LogP contribution in [0.4, 0.5) is 0 Å². The van der Waals surface area contributed by atoms with E-state index in [4.69, 9.17) is 0 Å². The number of hydrogen-bond acceptors (Lipinski definition) is 4. The Kier molecular flexibility index (Phi) is 3.81. The average Bonchev–Trinajstić information content (AvgIpc) is 3.33. The molecule has 0 bridgehead atoms. The summed E-state index contributed by atoms with van der Waals surface area (Å²) in [6, 6.07) is 2.01. The number of aromatic nitrogens is 4. The molecule has 0 radical (unpaired) electrons. The van der Waals surface area contributed by atoms with Crippen LogP contribution in [0, 0.1) is 5.92 Å². The summed E-state index contributed by atoms with van der Waals surface area (Å²) in [4.78, 5) is 23.3. The Balaban J connectivity index is 1.40. The number of amides is 1. The van der Waals surface area contributed by atoms with Crippen LogP contribution in [0.15, 0.2) is 24.7 Å². The lowest BCUT2D eigenvalue weighted by molar-refractivity contribution is 0.0672. The van der Waals surface area contributed by atoms with Gasteiger partial charge in [0.2, 0.25) is 0 Å². The minimum atomic E-state index is 0.0571. The van der Waals surface area contributed by atoms with Crippen LogP contribution >= 0.6 is 0 Å². The highest BCUT2D eigenvalue weighted by Crippen LogP contribution is 2.37. The van der Waals surface area contributed by atoms with Crippen molar-refractivity contribution in [2.45, 2.75) is 38.0 Å². The molecular formula is C17H21N5O. The molecule has 6 nitrogen and oxygen atoms in total. The second-order valence-corrected chi connectivity index (χ2v) is 6.65. The van der Waals surface area contributed by atoms with Gasteiger partial charge < -0.3 is 4.90 Å². The number of carbonyl (C=O) groups is 1. The zero-order chi connectivity index (χ0) is 15.6. The van der Waals surface area contributed by atoms with Crippen LogP contribution in [0.25, 0.3) is 0 Å². The Morgan fingerprint density at radius 2 is 2.09 bits per heavy atom. The highest BCUT2D eigenvalue weighted by Gasteiger charge is 2.28. The van der Waals surface area contributed by atoms with E-state index in [2.05, 4.69) is 20.2 Å². The minimum Gasteiger partial charge on any atom is -0.338 e. The first-order valence-corrected chi connectivity index (χ1v) is 8.39. The van der Waals surface area contributed by atoms with Crippen LogP contribution in [0.1, 0.15) is 53.5 Å². The molecule has 1 N–H and O–H groups in total. The molecule has 1 atom stereocenters. The Morgan fingerprint density at radius 3 is 2.78 bits per heavy atom. The Bertz CT molecular complexity index is 663. The smallest absolute Gasteiger partial charge is 0.256 e. The van der Waals surface area contributed by atoms with Crippen molar-refractivity contribution in [3.05, 3.63) is 41.7 Å². The van der Waals surface area contributed by atoms with Crippen molar-refractivity contribution in [1.82, 2.24) is 25.1 Å². The maximum absolute atomic E-state index is 12.7. The summed E-state index contributed by atoms with van der Waals surface area (Å²) in [6.07, 6.45) is 10.7. The van der Waals surface area contributed by atoms with E-state index in [1.165, 1.54) is 12.8 Å². The molecular weight excluding hydrogens is 290 g/mol. The van der Waals surface area contributed by atoms with Crippen molar-refractivity contribution >= 4 is 5.91 Å². The number of nitrogens with zero attached hydrogens (tertiary/aromatic N) is 4. The van der Waals surface area contributed by atoms with Crippen molar-refractivity contribution < 1.29 is 4.79 Å². The van der Waals surface area contributed by atoms with Crippen molar-refractivity contribution in [2.75, 3.05) is 13.1 Å². The average molecular weight is 311 g/mol. The van der Waals surface area contributed by atoms with Gasteiger partial charge in [-0.3, -0.25) is 9.89 Å². The van der Waals surface area contributed by atoms with Gasteiger partial charge in [-0.05, 0) is 44.1 Å². The van der Waals surface area contributed by atoms with Crippen molar-refractivity contribution in [2.24, 2.45) is 5.92 Å². The summed E-state index contributed by atoms with van der Waals surface area (Å²) in [5.41, 5.74) is 1.75. The maximum atomic E-state index is 12.7. The Labute approximate surface area is 135 Å². The van der Waals surface area contributed by atoms with E-state index in [0.717, 1.165) is 43.9 Å². The van der Waals surface area contributed by atoms with E-state index in [1.807, 2.05) is 11.0 Å². The van der Waals surface area contributed by atoms with Crippen LogP contribution in [0.5, 0.6) is 0 Å². The number of aromatic amines is 1. The molecule has 1 unspecified atom stereocenters. The topological polar surface area (TPSA) is 74.8 Å². The van der Waals surface area contributed by atoms with E-state index in [9.17, 15) is 4.79 Å². The van der Waals surface area contributed by atoms with Crippen molar-refractivity contribution in [3.63, 3.8) is 0 Å². The van der Waals surface area contributed by atoms with Gasteiger partial charge in [-0.25, -0.2) is 9.97 Å². The van der Waals surface area contributed by atoms with E-state index in [0.29, 0.717) is 17.4 Å². The standard InChI is InChI=1S/C17H21N5O/c23-17(14-9-18-16(19-10-14)13-3-4-13)22-7-1-2-12(11-22)8-15-5-6-20-21-15/h5-6,9-10,12-13H,1-4,7-8,11H2,(H,20,21). The third-order valence-corrected chi connectivity index (χ3v) is 4.73. The Morgan fingerprint density at radius 1 is 1.26 bits per heavy atom. The predicted molar refractivity (Wildman–Crippen MR) is 84.9 cm³/mol. The van der Waals surface area contributed by atoms with Crippen LogP contribution in [0.3, 0.4) is 0 Å². The molecule has 2 fully saturated rings. The molecule has 2 aromatic rings. The van der Waals surface area contributed by atoms with Crippen LogP contribution in [0.2, 0.25) is 0 Å². The van der Waals surface area contributed by atoms with Crippen molar-refractivity contribution in [1.29, 1.82) is 0 Å². The molecule has 6 heteroatoms. The summed E-state index contributed by atoms with van der Waals surface area (Å²) in [6.45, 7) is 1.62. The van der Waals surface area contributed by atoms with E-state index in [-0.39, 0.29) is 5.91 Å². The van der Waals surface area contributed by atoms with Gasteiger partial charge in [0.25, 0.3) is 5.91 Å². The number of carbonyl (C=O) groups excluding carboxylic acids is 1. The van der Waals surface area contributed by atoms with Gasteiger partial charge in [0.1, 0.15) is 5.82 Å². The summed E-state index contributed by atoms with van der Waals surface area (Å²) in [7, 11) is 0. The molecule has 23 heavy (non-hydrogen) atoms. The first-order valence-electron chi connectivity index (χ1n) is 8.39. The molecule has 0 spiro atoms.